The fourth-order valence-electron chi connectivity index (χ4n) is 5.03. The maximum absolute atomic E-state index is 13.4. The molecule has 4 rings (SSSR count). The van der Waals surface area contributed by atoms with Crippen LogP contribution in [0.1, 0.15) is 57.9 Å². The van der Waals surface area contributed by atoms with Crippen molar-refractivity contribution < 1.29 is 9.59 Å². The Morgan fingerprint density at radius 2 is 1.78 bits per heavy atom. The monoisotopic (exact) mass is 479 g/mol. The predicted octanol–water partition coefficient (Wildman–Crippen LogP) is 4.57. The number of amides is 2. The van der Waals surface area contributed by atoms with Crippen molar-refractivity contribution in [2.24, 2.45) is 17.3 Å². The Bertz CT molecular complexity index is 863. The van der Waals surface area contributed by atoms with Crippen LogP contribution < -0.4 is 5.32 Å². The highest BCUT2D eigenvalue weighted by molar-refractivity contribution is 6.42. The van der Waals surface area contributed by atoms with Crippen LogP contribution in [0.3, 0.4) is 0 Å². The number of likely N-dealkylation sites (tertiary alicyclic amines) is 2. The number of carbonyl (C=O) groups excluding carboxylic acids is 2. The van der Waals surface area contributed by atoms with Gasteiger partial charge in [-0.3, -0.25) is 9.59 Å². The molecule has 1 aliphatic carbocycles. The topological polar surface area (TPSA) is 52.7 Å². The highest BCUT2D eigenvalue weighted by atomic mass is 35.5. The fraction of sp³-hybridized carbons (Fsp3) is 0.680. The molecule has 0 aromatic heterocycles. The molecule has 0 bridgehead atoms. The van der Waals surface area contributed by atoms with Crippen molar-refractivity contribution in [3.8, 4) is 0 Å². The third-order valence-electron chi connectivity index (χ3n) is 7.44. The van der Waals surface area contributed by atoms with Gasteiger partial charge in [-0.15, -0.1) is 0 Å². The minimum absolute atomic E-state index is 0.00404. The van der Waals surface area contributed by atoms with E-state index in [9.17, 15) is 9.59 Å². The van der Waals surface area contributed by atoms with Gasteiger partial charge in [0.05, 0.1) is 10.0 Å². The van der Waals surface area contributed by atoms with Crippen molar-refractivity contribution in [2.75, 3.05) is 32.7 Å². The summed E-state index contributed by atoms with van der Waals surface area (Å²) in [6.07, 6.45) is 3.52. The molecule has 2 saturated heterocycles. The molecule has 7 heteroatoms. The molecule has 0 spiro atoms. The second-order valence-corrected chi connectivity index (χ2v) is 11.4. The second-order valence-electron chi connectivity index (χ2n) is 10.6. The normalized spacial score (nSPS) is 25.4. The van der Waals surface area contributed by atoms with E-state index in [1.807, 2.05) is 28.0 Å². The van der Waals surface area contributed by atoms with Crippen LogP contribution >= 0.6 is 23.2 Å². The molecular formula is C25H35Cl2N3O2. The lowest BCUT2D eigenvalue weighted by Gasteiger charge is -2.34. The zero-order chi connectivity index (χ0) is 23.0. The van der Waals surface area contributed by atoms with E-state index in [0.29, 0.717) is 42.1 Å². The quantitative estimate of drug-likeness (QED) is 0.649. The van der Waals surface area contributed by atoms with E-state index >= 15 is 0 Å². The number of carbonyl (C=O) groups is 2. The maximum atomic E-state index is 13.4. The van der Waals surface area contributed by atoms with Gasteiger partial charge >= 0.3 is 0 Å². The Morgan fingerprint density at radius 3 is 2.38 bits per heavy atom. The number of halogens is 2. The van der Waals surface area contributed by atoms with Gasteiger partial charge in [0.1, 0.15) is 0 Å². The maximum Gasteiger partial charge on any atom is 0.228 e. The lowest BCUT2D eigenvalue weighted by atomic mass is 9.93. The molecule has 2 atom stereocenters. The third-order valence-corrected chi connectivity index (χ3v) is 8.18. The Hall–Kier alpha value is -1.30. The number of nitrogens with zero attached hydrogens (tertiary/aromatic N) is 2. The van der Waals surface area contributed by atoms with Gasteiger partial charge in [-0.25, -0.2) is 0 Å². The van der Waals surface area contributed by atoms with Crippen molar-refractivity contribution in [1.82, 2.24) is 15.1 Å². The molecule has 0 unspecified atom stereocenters. The zero-order valence-electron chi connectivity index (χ0n) is 19.4. The Balaban J connectivity index is 1.41. The van der Waals surface area contributed by atoms with Crippen LogP contribution in [-0.4, -0.2) is 60.4 Å². The van der Waals surface area contributed by atoms with Crippen LogP contribution in [0.4, 0.5) is 0 Å². The van der Waals surface area contributed by atoms with Crippen LogP contribution in [0.5, 0.6) is 0 Å². The van der Waals surface area contributed by atoms with Crippen LogP contribution in [0.15, 0.2) is 18.2 Å². The fourth-order valence-corrected chi connectivity index (χ4v) is 5.34. The Labute approximate surface area is 201 Å². The smallest absolute Gasteiger partial charge is 0.228 e. The van der Waals surface area contributed by atoms with Gasteiger partial charge < -0.3 is 15.1 Å². The Morgan fingerprint density at radius 1 is 1.09 bits per heavy atom. The van der Waals surface area contributed by atoms with E-state index in [2.05, 4.69) is 26.1 Å². The highest BCUT2D eigenvalue weighted by Crippen LogP contribution is 2.47. The zero-order valence-corrected chi connectivity index (χ0v) is 20.9. The van der Waals surface area contributed by atoms with E-state index in [0.717, 1.165) is 37.8 Å². The van der Waals surface area contributed by atoms with E-state index in [1.54, 1.807) is 0 Å². The molecule has 0 radical (unpaired) electrons. The summed E-state index contributed by atoms with van der Waals surface area (Å²) in [4.78, 5) is 30.1. The number of nitrogens with one attached hydrogen (secondary N) is 1. The summed E-state index contributed by atoms with van der Waals surface area (Å²) < 4.78 is 0. The largest absolute Gasteiger partial charge is 0.342 e. The number of piperidine rings is 1. The van der Waals surface area contributed by atoms with Crippen LogP contribution in [0.25, 0.3) is 0 Å². The summed E-state index contributed by atoms with van der Waals surface area (Å²) in [5, 5.41) is 4.78. The van der Waals surface area contributed by atoms with Crippen molar-refractivity contribution in [2.45, 2.75) is 58.4 Å². The minimum atomic E-state index is -0.131. The van der Waals surface area contributed by atoms with Crippen molar-refractivity contribution in [1.29, 1.82) is 0 Å². The van der Waals surface area contributed by atoms with Gasteiger partial charge in [-0.05, 0) is 55.8 Å². The summed E-state index contributed by atoms with van der Waals surface area (Å²) in [5.74, 6) is 1.23. The number of hydrogen-bond donors (Lipinski definition) is 1. The SMILES string of the molecule is CC(C)CN[C@@H]1CN(C(=O)C2CCN(C(=O)C3(C)CC3)CC2)C[C@H]1c1ccc(Cl)c(Cl)c1. The average Bonchev–Trinajstić information content (AvgIpc) is 3.38. The van der Waals surface area contributed by atoms with E-state index in [4.69, 9.17) is 23.2 Å². The predicted molar refractivity (Wildman–Crippen MR) is 129 cm³/mol. The molecule has 2 heterocycles. The number of benzene rings is 1. The molecule has 1 N–H and O–H groups in total. The van der Waals surface area contributed by atoms with Gasteiger partial charge in [-0.2, -0.15) is 0 Å². The van der Waals surface area contributed by atoms with Gasteiger partial charge in [-0.1, -0.05) is 50.0 Å². The summed E-state index contributed by atoms with van der Waals surface area (Å²) >= 11 is 12.4. The first-order valence-corrected chi connectivity index (χ1v) is 12.7. The first kappa shape index (κ1) is 23.8. The number of hydrogen-bond acceptors (Lipinski definition) is 3. The van der Waals surface area contributed by atoms with Gasteiger partial charge in [0, 0.05) is 49.5 Å². The Kier molecular flexibility index (Phi) is 7.09. The molecule has 2 aliphatic heterocycles. The molecule has 32 heavy (non-hydrogen) atoms. The van der Waals surface area contributed by atoms with Gasteiger partial charge in [0.15, 0.2) is 0 Å². The van der Waals surface area contributed by atoms with E-state index < -0.39 is 0 Å². The highest BCUT2D eigenvalue weighted by Gasteiger charge is 2.48. The lowest BCUT2D eigenvalue weighted by Crippen LogP contribution is -2.46. The molecule has 3 aliphatic rings. The van der Waals surface area contributed by atoms with Crippen molar-refractivity contribution in [3.05, 3.63) is 33.8 Å². The number of rotatable bonds is 6. The van der Waals surface area contributed by atoms with Crippen LogP contribution in [0, 0.1) is 17.3 Å². The van der Waals surface area contributed by atoms with Crippen molar-refractivity contribution in [3.63, 3.8) is 0 Å². The molecule has 5 nitrogen and oxygen atoms in total. The summed E-state index contributed by atoms with van der Waals surface area (Å²) in [5.41, 5.74) is 0.989. The van der Waals surface area contributed by atoms with Crippen LogP contribution in [0.2, 0.25) is 10.0 Å². The lowest BCUT2D eigenvalue weighted by molar-refractivity contribution is -0.142. The average molecular weight is 480 g/mol. The standard InChI is InChI=1S/C25H35Cl2N3O2/c1-16(2)13-28-22-15-30(14-19(22)18-4-5-20(26)21(27)12-18)23(31)17-6-10-29(11-7-17)24(32)25(3)8-9-25/h4-5,12,16-17,19,22,28H,6-11,13-15H2,1-3H3/t19-,22+/m0/s1. The molecule has 2 amide bonds. The molecule has 1 aromatic carbocycles. The van der Waals surface area contributed by atoms with Gasteiger partial charge in [0.25, 0.3) is 0 Å². The molecule has 3 fully saturated rings. The van der Waals surface area contributed by atoms with Crippen LogP contribution in [-0.2, 0) is 9.59 Å². The second kappa shape index (κ2) is 9.52. The molecule has 1 aromatic rings. The van der Waals surface area contributed by atoms with Crippen molar-refractivity contribution >= 4 is 35.0 Å². The first-order chi connectivity index (χ1) is 15.2. The molecule has 176 valence electrons. The molecular weight excluding hydrogens is 445 g/mol. The molecule has 1 saturated carbocycles. The first-order valence-electron chi connectivity index (χ1n) is 11.9. The van der Waals surface area contributed by atoms with Gasteiger partial charge in [0.2, 0.25) is 11.8 Å². The minimum Gasteiger partial charge on any atom is -0.342 e. The third kappa shape index (κ3) is 5.10. The van der Waals surface area contributed by atoms with E-state index in [1.165, 1.54) is 0 Å². The summed E-state index contributed by atoms with van der Waals surface area (Å²) in [6, 6.07) is 6.00. The summed E-state index contributed by atoms with van der Waals surface area (Å²) in [6.45, 7) is 10.1. The van der Waals surface area contributed by atoms with E-state index in [-0.39, 0.29) is 35.1 Å². The summed E-state index contributed by atoms with van der Waals surface area (Å²) in [7, 11) is 0.